The molecular weight excluding hydrogens is 695 g/mol. The zero-order valence-corrected chi connectivity index (χ0v) is 31.0. The Kier molecular flexibility index (Phi) is 7.82. The van der Waals surface area contributed by atoms with Crippen LogP contribution in [0.1, 0.15) is 0 Å². The van der Waals surface area contributed by atoms with Crippen molar-refractivity contribution in [2.75, 3.05) is 4.90 Å². The molecule has 0 fully saturated rings. The summed E-state index contributed by atoms with van der Waals surface area (Å²) in [6.45, 7) is 0. The molecule has 0 amide bonds. The summed E-state index contributed by atoms with van der Waals surface area (Å²) < 4.78 is 13.5. The van der Waals surface area contributed by atoms with Gasteiger partial charge >= 0.3 is 0 Å². The van der Waals surface area contributed by atoms with Crippen LogP contribution in [0.5, 0.6) is 0 Å². The summed E-state index contributed by atoms with van der Waals surface area (Å²) in [7, 11) is 0. The van der Waals surface area contributed by atoms with Gasteiger partial charge in [-0.1, -0.05) is 152 Å². The number of benzene rings is 9. The number of hydrogen-bond acceptors (Lipinski definition) is 3. The molecule has 0 saturated carbocycles. The first-order valence-corrected chi connectivity index (χ1v) is 19.3. The van der Waals surface area contributed by atoms with Crippen molar-refractivity contribution in [2.24, 2.45) is 0 Å². The fourth-order valence-corrected chi connectivity index (χ4v) is 8.37. The smallest absolute Gasteiger partial charge is 0.159 e. The molecule has 0 bridgehead atoms. The molecule has 3 nitrogen and oxygen atoms in total. The Morgan fingerprint density at radius 3 is 1.51 bits per heavy atom. The molecule has 268 valence electrons. The summed E-state index contributed by atoms with van der Waals surface area (Å²) in [4.78, 5) is 2.33. The summed E-state index contributed by atoms with van der Waals surface area (Å²) in [5.74, 6) is 0. The van der Waals surface area contributed by atoms with Crippen LogP contribution in [-0.2, 0) is 0 Å². The molecule has 0 radical (unpaired) electrons. The van der Waals surface area contributed by atoms with Crippen LogP contribution in [0.25, 0.3) is 88.4 Å². The summed E-state index contributed by atoms with van der Waals surface area (Å²) in [6.07, 6.45) is 0. The van der Waals surface area contributed by atoms with E-state index in [9.17, 15) is 0 Å². The molecule has 0 saturated heterocycles. The molecule has 0 aliphatic heterocycles. The van der Waals surface area contributed by atoms with Crippen molar-refractivity contribution in [2.45, 2.75) is 0 Å². The Morgan fingerprint density at radius 1 is 0.298 bits per heavy atom. The zero-order chi connectivity index (χ0) is 37.7. The third-order valence-corrected chi connectivity index (χ3v) is 11.0. The Hall–Kier alpha value is -7.62. The highest BCUT2D eigenvalue weighted by atomic mass is 16.3. The van der Waals surface area contributed by atoms with Gasteiger partial charge < -0.3 is 13.7 Å². The average Bonchev–Trinajstić information content (AvgIpc) is 3.86. The normalized spacial score (nSPS) is 11.5. The molecule has 3 heteroatoms. The van der Waals surface area contributed by atoms with Crippen LogP contribution in [0, 0.1) is 0 Å². The third kappa shape index (κ3) is 5.76. The number of para-hydroxylation sites is 3. The average molecular weight is 730 g/mol. The SMILES string of the molecule is c1ccc(-c2cc(-c3ccccc3)cc(-c3cc(N(c4cccc(-c5ccccc5)c4)c4cccc5c4oc4ccccc45)cc4oc5ccccc5c34)c2)cc1. The lowest BCUT2D eigenvalue weighted by Crippen LogP contribution is -2.10. The van der Waals surface area contributed by atoms with E-state index in [2.05, 4.69) is 199 Å². The van der Waals surface area contributed by atoms with Gasteiger partial charge in [-0.25, -0.2) is 0 Å². The second-order valence-corrected chi connectivity index (χ2v) is 14.5. The molecule has 0 spiro atoms. The highest BCUT2D eigenvalue weighted by Crippen LogP contribution is 2.47. The number of hydrogen-bond donors (Lipinski definition) is 0. The first kappa shape index (κ1) is 32.8. The summed E-state index contributed by atoms with van der Waals surface area (Å²) in [5.41, 5.74) is 15.4. The maximum absolute atomic E-state index is 6.79. The molecule has 0 N–H and O–H groups in total. The van der Waals surface area contributed by atoms with Gasteiger partial charge in [0.05, 0.1) is 11.4 Å². The lowest BCUT2D eigenvalue weighted by molar-refractivity contribution is 0.667. The fraction of sp³-hybridized carbons (Fsp3) is 0. The molecule has 9 aromatic carbocycles. The van der Waals surface area contributed by atoms with Crippen LogP contribution in [0.2, 0.25) is 0 Å². The van der Waals surface area contributed by atoms with Crippen molar-refractivity contribution in [3.05, 3.63) is 212 Å². The van der Waals surface area contributed by atoms with Gasteiger partial charge in [-0.05, 0) is 99.1 Å². The molecule has 11 aromatic rings. The Labute approximate surface area is 330 Å². The van der Waals surface area contributed by atoms with E-state index in [1.54, 1.807) is 0 Å². The standard InChI is InChI=1S/C54H35NO2/c1-4-16-36(17-5-1)39-22-14-23-43(33-39)55(49-27-15-26-46-45-24-10-12-28-50(45)57-54(46)49)44-34-48(53-47-25-11-13-29-51(47)56-52(53)35-44)42-31-40(37-18-6-2-7-19-37)30-41(32-42)38-20-8-3-9-21-38/h1-35H. The first-order valence-electron chi connectivity index (χ1n) is 19.3. The number of anilines is 3. The number of fused-ring (bicyclic) bond motifs is 6. The topological polar surface area (TPSA) is 29.5 Å². The minimum atomic E-state index is 0.816. The Balaban J connectivity index is 1.22. The van der Waals surface area contributed by atoms with E-state index in [4.69, 9.17) is 8.83 Å². The van der Waals surface area contributed by atoms with E-state index < -0.39 is 0 Å². The number of rotatable bonds is 7. The van der Waals surface area contributed by atoms with E-state index >= 15 is 0 Å². The summed E-state index contributed by atoms with van der Waals surface area (Å²) in [6, 6.07) is 75.1. The van der Waals surface area contributed by atoms with Crippen molar-refractivity contribution in [1.29, 1.82) is 0 Å². The maximum Gasteiger partial charge on any atom is 0.159 e. The molecule has 0 aliphatic carbocycles. The predicted octanol–water partition coefficient (Wildman–Crippen LogP) is 15.6. The lowest BCUT2D eigenvalue weighted by atomic mass is 9.91. The van der Waals surface area contributed by atoms with Gasteiger partial charge in [0.15, 0.2) is 5.58 Å². The molecule has 2 aromatic heterocycles. The van der Waals surface area contributed by atoms with Gasteiger partial charge in [0.1, 0.15) is 16.7 Å². The quantitative estimate of drug-likeness (QED) is 0.164. The Bertz CT molecular complexity index is 3180. The second kappa shape index (κ2) is 13.6. The highest BCUT2D eigenvalue weighted by Gasteiger charge is 2.24. The molecule has 2 heterocycles. The fourth-order valence-electron chi connectivity index (χ4n) is 8.37. The van der Waals surface area contributed by atoms with Crippen LogP contribution in [-0.4, -0.2) is 0 Å². The van der Waals surface area contributed by atoms with Crippen molar-refractivity contribution < 1.29 is 8.83 Å². The molecule has 0 unspecified atom stereocenters. The van der Waals surface area contributed by atoms with Gasteiger partial charge in [0.25, 0.3) is 0 Å². The molecule has 57 heavy (non-hydrogen) atoms. The maximum atomic E-state index is 6.79. The summed E-state index contributed by atoms with van der Waals surface area (Å²) in [5, 5.41) is 4.32. The third-order valence-electron chi connectivity index (χ3n) is 11.0. The Morgan fingerprint density at radius 2 is 0.825 bits per heavy atom. The first-order chi connectivity index (χ1) is 28.2. The van der Waals surface area contributed by atoms with E-state index in [1.807, 2.05) is 18.2 Å². The van der Waals surface area contributed by atoms with Crippen molar-refractivity contribution in [1.82, 2.24) is 0 Å². The molecule has 0 atom stereocenters. The van der Waals surface area contributed by atoms with Gasteiger partial charge in [-0.15, -0.1) is 0 Å². The molecular formula is C54H35NO2. The van der Waals surface area contributed by atoms with E-state index in [1.165, 1.54) is 0 Å². The summed E-state index contributed by atoms with van der Waals surface area (Å²) >= 11 is 0. The highest BCUT2D eigenvalue weighted by molar-refractivity contribution is 6.15. The van der Waals surface area contributed by atoms with Crippen molar-refractivity contribution in [3.63, 3.8) is 0 Å². The minimum Gasteiger partial charge on any atom is -0.456 e. The minimum absolute atomic E-state index is 0.816. The molecule has 11 rings (SSSR count). The van der Waals surface area contributed by atoms with Gasteiger partial charge in [0.2, 0.25) is 0 Å². The zero-order valence-electron chi connectivity index (χ0n) is 31.0. The lowest BCUT2D eigenvalue weighted by Gasteiger charge is -2.27. The van der Waals surface area contributed by atoms with Crippen molar-refractivity contribution in [3.8, 4) is 44.5 Å². The van der Waals surface area contributed by atoms with Gasteiger partial charge in [0, 0.05) is 33.3 Å². The molecule has 0 aliphatic rings. The van der Waals surface area contributed by atoms with E-state index in [0.29, 0.717) is 0 Å². The van der Waals surface area contributed by atoms with Gasteiger partial charge in [-0.3, -0.25) is 0 Å². The van der Waals surface area contributed by atoms with Gasteiger partial charge in [-0.2, -0.15) is 0 Å². The second-order valence-electron chi connectivity index (χ2n) is 14.5. The monoisotopic (exact) mass is 729 g/mol. The van der Waals surface area contributed by atoms with E-state index in [0.717, 1.165) is 105 Å². The van der Waals surface area contributed by atoms with E-state index in [-0.39, 0.29) is 0 Å². The largest absolute Gasteiger partial charge is 0.456 e. The number of nitrogens with zero attached hydrogens (tertiary/aromatic N) is 1. The predicted molar refractivity (Wildman–Crippen MR) is 237 cm³/mol. The number of furan rings is 2. The van der Waals surface area contributed by atoms with Crippen LogP contribution in [0.4, 0.5) is 17.1 Å². The van der Waals surface area contributed by atoms with Crippen molar-refractivity contribution >= 4 is 60.9 Å². The van der Waals surface area contributed by atoms with Crippen LogP contribution < -0.4 is 4.90 Å². The van der Waals surface area contributed by atoms with Crippen LogP contribution >= 0.6 is 0 Å². The van der Waals surface area contributed by atoms with Crippen LogP contribution in [0.15, 0.2) is 221 Å². The van der Waals surface area contributed by atoms with Crippen LogP contribution in [0.3, 0.4) is 0 Å².